The number of rotatable bonds is 5. The first-order chi connectivity index (χ1) is 14.8. The van der Waals surface area contributed by atoms with Gasteiger partial charge >= 0.3 is 12.0 Å². The molecule has 1 fully saturated rings. The topological polar surface area (TPSA) is 77.7 Å². The second-order valence-electron chi connectivity index (χ2n) is 8.30. The van der Waals surface area contributed by atoms with Gasteiger partial charge in [-0.2, -0.15) is 0 Å². The summed E-state index contributed by atoms with van der Waals surface area (Å²) in [6.45, 7) is 9.33. The Morgan fingerprint density at radius 3 is 2.68 bits per heavy atom. The number of methoxy groups -OCH3 is 2. The van der Waals surface area contributed by atoms with E-state index in [9.17, 15) is 9.59 Å². The van der Waals surface area contributed by atoms with Gasteiger partial charge in [0.25, 0.3) is 5.91 Å². The lowest BCUT2D eigenvalue weighted by Crippen LogP contribution is -2.63. The zero-order valence-corrected chi connectivity index (χ0v) is 18.6. The number of likely N-dealkylation sites (N-methyl/N-ethyl adjacent to an activating group) is 1. The number of hydrogen-bond acceptors (Lipinski definition) is 6. The highest BCUT2D eigenvalue weighted by Gasteiger charge is 2.55. The molecule has 9 heteroatoms. The van der Waals surface area contributed by atoms with E-state index in [-0.39, 0.29) is 24.4 Å². The van der Waals surface area contributed by atoms with Crippen molar-refractivity contribution < 1.29 is 23.6 Å². The van der Waals surface area contributed by atoms with Crippen LogP contribution >= 0.6 is 0 Å². The van der Waals surface area contributed by atoms with E-state index in [0.29, 0.717) is 36.4 Å². The number of imide groups is 1. The van der Waals surface area contributed by atoms with Crippen molar-refractivity contribution in [2.75, 3.05) is 45.8 Å². The largest absolute Gasteiger partial charge is 0.497 e. The van der Waals surface area contributed by atoms with E-state index in [1.54, 1.807) is 28.2 Å². The molecule has 31 heavy (non-hydrogen) atoms. The zero-order chi connectivity index (χ0) is 22.4. The molecule has 0 spiro atoms. The van der Waals surface area contributed by atoms with Gasteiger partial charge in [0.2, 0.25) is 11.9 Å². The van der Waals surface area contributed by atoms with E-state index in [2.05, 4.69) is 13.5 Å². The molecule has 0 saturated carbocycles. The van der Waals surface area contributed by atoms with Gasteiger partial charge < -0.3 is 9.47 Å². The van der Waals surface area contributed by atoms with Crippen LogP contribution in [0.1, 0.15) is 13.8 Å². The van der Waals surface area contributed by atoms with Crippen LogP contribution in [0.5, 0.6) is 11.5 Å². The minimum atomic E-state index is -0.640. The van der Waals surface area contributed by atoms with Crippen molar-refractivity contribution in [3.8, 4) is 11.5 Å². The van der Waals surface area contributed by atoms with E-state index in [1.807, 2.05) is 27.7 Å². The predicted molar refractivity (Wildman–Crippen MR) is 117 cm³/mol. The first-order valence-corrected chi connectivity index (χ1v) is 10.2. The van der Waals surface area contributed by atoms with Crippen LogP contribution in [0, 0.1) is 5.92 Å². The van der Waals surface area contributed by atoms with Crippen molar-refractivity contribution >= 4 is 29.4 Å². The lowest BCUT2D eigenvalue weighted by molar-refractivity contribution is -0.545. The number of carbonyl (C=O) groups is 2. The van der Waals surface area contributed by atoms with Gasteiger partial charge in [0.15, 0.2) is 5.75 Å². The Balaban J connectivity index is 1.82. The number of guanidine groups is 1. The number of fused-ring (bicyclic) bond motifs is 2. The van der Waals surface area contributed by atoms with Gasteiger partial charge in [0.05, 0.1) is 33.9 Å². The number of urea groups is 1. The summed E-state index contributed by atoms with van der Waals surface area (Å²) in [4.78, 5) is 35.7. The Hall–Kier alpha value is -3.36. The molecular weight excluding hydrogens is 398 g/mol. The summed E-state index contributed by atoms with van der Waals surface area (Å²) in [5.74, 6) is 2.43. The fraction of sp³-hybridized carbons (Fsp3) is 0.455. The number of ether oxygens (including phenoxy) is 2. The smallest absolute Gasteiger partial charge is 0.397 e. The van der Waals surface area contributed by atoms with Crippen LogP contribution in [0.4, 0.5) is 10.5 Å². The molecule has 3 amide bonds. The number of nitrogens with zero attached hydrogens (tertiary/aromatic N) is 5. The SMILES string of the molecule is C=C(C)CN1C(=O)C2C(=NC3=[N+]2CC(C)CN3c2cc(OC)ccc2OC)N(C)C1=O. The molecule has 1 aromatic rings. The highest BCUT2D eigenvalue weighted by molar-refractivity contribution is 6.24. The quantitative estimate of drug-likeness (QED) is 0.530. The molecule has 2 unspecified atom stereocenters. The molecule has 3 heterocycles. The second-order valence-corrected chi connectivity index (χ2v) is 8.30. The number of hydrogen-bond donors (Lipinski definition) is 0. The van der Waals surface area contributed by atoms with Gasteiger partial charge in [-0.15, -0.1) is 0 Å². The van der Waals surface area contributed by atoms with Gasteiger partial charge in [-0.3, -0.25) is 14.6 Å². The minimum absolute atomic E-state index is 0.192. The normalized spacial score (nSPS) is 23.0. The van der Waals surface area contributed by atoms with Crippen LogP contribution in [0.3, 0.4) is 0 Å². The van der Waals surface area contributed by atoms with Crippen LogP contribution in [0.2, 0.25) is 0 Å². The lowest BCUT2D eigenvalue weighted by atomic mass is 10.1. The van der Waals surface area contributed by atoms with Crippen LogP contribution in [0.25, 0.3) is 0 Å². The summed E-state index contributed by atoms with van der Waals surface area (Å²) in [6.07, 6.45) is 0. The van der Waals surface area contributed by atoms with Gasteiger partial charge in [0, 0.05) is 19.0 Å². The molecule has 3 aliphatic heterocycles. The molecule has 164 valence electrons. The lowest BCUT2D eigenvalue weighted by Gasteiger charge is -2.35. The second kappa shape index (κ2) is 7.72. The Kier molecular flexibility index (Phi) is 5.20. The highest BCUT2D eigenvalue weighted by Crippen LogP contribution is 2.36. The molecule has 2 atom stereocenters. The fourth-order valence-electron chi connectivity index (χ4n) is 4.32. The standard InChI is InChI=1S/C22H28N5O4/c1-13(2)10-27-20(28)18-19(24(4)22(27)29)23-21-25(11-14(3)12-26(18)21)16-9-15(30-5)7-8-17(16)31-6/h7-9,14,18H,1,10-12H2,2-6H3/q+1. The van der Waals surface area contributed by atoms with Crippen molar-refractivity contribution in [1.29, 1.82) is 0 Å². The Bertz CT molecular complexity index is 1030. The average Bonchev–Trinajstić information content (AvgIpc) is 3.13. The molecule has 9 nitrogen and oxygen atoms in total. The fourth-order valence-corrected chi connectivity index (χ4v) is 4.32. The molecular formula is C22H28N5O4+. The summed E-state index contributed by atoms with van der Waals surface area (Å²) in [5.41, 5.74) is 1.55. The molecule has 0 bridgehead atoms. The van der Waals surface area contributed by atoms with Crippen molar-refractivity contribution in [3.05, 3.63) is 30.4 Å². The summed E-state index contributed by atoms with van der Waals surface area (Å²) < 4.78 is 13.0. The maximum atomic E-state index is 13.4. The maximum absolute atomic E-state index is 13.4. The molecule has 0 radical (unpaired) electrons. The number of benzene rings is 1. The Labute approximate surface area is 181 Å². The van der Waals surface area contributed by atoms with E-state index in [1.165, 1.54) is 9.80 Å². The summed E-state index contributed by atoms with van der Waals surface area (Å²) >= 11 is 0. The van der Waals surface area contributed by atoms with E-state index in [0.717, 1.165) is 11.3 Å². The maximum Gasteiger partial charge on any atom is 0.397 e. The number of aliphatic imine (C=N–C) groups is 1. The van der Waals surface area contributed by atoms with Crippen LogP contribution < -0.4 is 14.4 Å². The van der Waals surface area contributed by atoms with E-state index in [4.69, 9.17) is 14.5 Å². The number of amidine groups is 1. The summed E-state index contributed by atoms with van der Waals surface area (Å²) in [6, 6.07) is 4.56. The molecule has 0 aromatic heterocycles. The molecule has 4 rings (SSSR count). The molecule has 1 saturated heterocycles. The third-order valence-corrected chi connectivity index (χ3v) is 5.74. The van der Waals surface area contributed by atoms with Gasteiger partial charge in [-0.1, -0.05) is 24.1 Å². The summed E-state index contributed by atoms with van der Waals surface area (Å²) in [7, 11) is 4.89. The first-order valence-electron chi connectivity index (χ1n) is 10.2. The molecule has 0 aliphatic carbocycles. The predicted octanol–water partition coefficient (Wildman–Crippen LogP) is 1.78. The van der Waals surface area contributed by atoms with Crippen molar-refractivity contribution in [1.82, 2.24) is 9.80 Å². The number of carbonyl (C=O) groups excluding carboxylic acids is 2. The van der Waals surface area contributed by atoms with Gasteiger partial charge in [-0.25, -0.2) is 14.3 Å². The molecule has 3 aliphatic rings. The third-order valence-electron chi connectivity index (χ3n) is 5.74. The van der Waals surface area contributed by atoms with E-state index < -0.39 is 6.04 Å². The Morgan fingerprint density at radius 2 is 2.03 bits per heavy atom. The van der Waals surface area contributed by atoms with Gasteiger partial charge in [-0.05, 0) is 19.1 Å². The van der Waals surface area contributed by atoms with Crippen LogP contribution in [-0.4, -0.2) is 85.1 Å². The van der Waals surface area contributed by atoms with Gasteiger partial charge in [0.1, 0.15) is 11.4 Å². The number of anilines is 1. The first kappa shape index (κ1) is 20.9. The van der Waals surface area contributed by atoms with Crippen molar-refractivity contribution in [3.63, 3.8) is 0 Å². The molecule has 1 aromatic carbocycles. The summed E-state index contributed by atoms with van der Waals surface area (Å²) in [5, 5.41) is 0. The monoisotopic (exact) mass is 426 g/mol. The average molecular weight is 426 g/mol. The van der Waals surface area contributed by atoms with Crippen molar-refractivity contribution in [2.24, 2.45) is 10.9 Å². The van der Waals surface area contributed by atoms with Crippen LogP contribution in [0.15, 0.2) is 35.3 Å². The van der Waals surface area contributed by atoms with Crippen molar-refractivity contribution in [2.45, 2.75) is 19.9 Å². The molecule has 0 N–H and O–H groups in total. The minimum Gasteiger partial charge on any atom is -0.497 e. The van der Waals surface area contributed by atoms with E-state index >= 15 is 0 Å². The number of amides is 3. The van der Waals surface area contributed by atoms with Crippen LogP contribution in [-0.2, 0) is 4.79 Å². The third kappa shape index (κ3) is 3.34. The highest BCUT2D eigenvalue weighted by atomic mass is 16.5. The zero-order valence-electron chi connectivity index (χ0n) is 18.6. The Morgan fingerprint density at radius 1 is 1.29 bits per heavy atom.